The number of anilines is 1. The Labute approximate surface area is 205 Å². The Hall–Kier alpha value is -4.11. The average Bonchev–Trinajstić information content (AvgIpc) is 3.36. The van der Waals surface area contributed by atoms with Crippen LogP contribution in [0.1, 0.15) is 32.8 Å². The number of aromatic carboxylic acids is 1. The molecule has 3 amide bonds. The number of benzene rings is 2. The van der Waals surface area contributed by atoms with Gasteiger partial charge in [0.15, 0.2) is 0 Å². The first-order valence-corrected chi connectivity index (χ1v) is 11.5. The number of carbonyl (C=O) groups excluding carboxylic acids is 3. The number of carboxylic acid groups (broad SMARTS) is 1. The minimum Gasteiger partial charge on any atom is -0.478 e. The number of furan rings is 1. The molecule has 1 aliphatic rings. The Morgan fingerprint density at radius 1 is 1.03 bits per heavy atom. The number of rotatable bonds is 6. The summed E-state index contributed by atoms with van der Waals surface area (Å²) >= 11 is 0.737. The third-order valence-electron chi connectivity index (χ3n) is 5.48. The summed E-state index contributed by atoms with van der Waals surface area (Å²) in [7, 11) is 0. The first-order chi connectivity index (χ1) is 16.6. The van der Waals surface area contributed by atoms with Crippen molar-refractivity contribution >= 4 is 46.5 Å². The number of carbonyl (C=O) groups is 4. The van der Waals surface area contributed by atoms with E-state index in [2.05, 4.69) is 5.32 Å². The molecular formula is C26H22N2O6S. The third kappa shape index (κ3) is 5.20. The zero-order valence-corrected chi connectivity index (χ0v) is 20.1. The molecule has 2 N–H and O–H groups in total. The van der Waals surface area contributed by atoms with E-state index in [1.807, 2.05) is 32.0 Å². The third-order valence-corrected chi connectivity index (χ3v) is 6.39. The maximum atomic E-state index is 12.8. The monoisotopic (exact) mass is 490 g/mol. The second-order valence-corrected chi connectivity index (χ2v) is 9.16. The minimum absolute atomic E-state index is 0.147. The number of amides is 3. The van der Waals surface area contributed by atoms with Crippen LogP contribution in [0.25, 0.3) is 17.4 Å². The number of thioether (sulfide) groups is 1. The number of nitrogens with zero attached hydrogens (tertiary/aromatic N) is 1. The molecule has 2 aromatic carbocycles. The van der Waals surface area contributed by atoms with Gasteiger partial charge in [-0.2, -0.15) is 0 Å². The minimum atomic E-state index is -1.02. The fourth-order valence-electron chi connectivity index (χ4n) is 3.62. The second kappa shape index (κ2) is 9.63. The Kier molecular flexibility index (Phi) is 6.61. The van der Waals surface area contributed by atoms with E-state index in [9.17, 15) is 19.2 Å². The van der Waals surface area contributed by atoms with E-state index < -0.39 is 29.6 Å². The summed E-state index contributed by atoms with van der Waals surface area (Å²) in [6.45, 7) is 5.15. The summed E-state index contributed by atoms with van der Waals surface area (Å²) in [5.74, 6) is -1.21. The molecule has 1 fully saturated rings. The summed E-state index contributed by atoms with van der Waals surface area (Å²) in [6, 6.07) is 13.7. The van der Waals surface area contributed by atoms with Gasteiger partial charge in [-0.05, 0) is 79.6 Å². The summed E-state index contributed by atoms with van der Waals surface area (Å²) < 4.78 is 5.82. The van der Waals surface area contributed by atoms with E-state index in [0.29, 0.717) is 22.8 Å². The number of hydrogen-bond acceptors (Lipinski definition) is 6. The highest BCUT2D eigenvalue weighted by Crippen LogP contribution is 2.34. The van der Waals surface area contributed by atoms with Gasteiger partial charge in [-0.25, -0.2) is 4.79 Å². The molecule has 0 aliphatic carbocycles. The molecule has 0 spiro atoms. The van der Waals surface area contributed by atoms with E-state index in [1.54, 1.807) is 31.2 Å². The van der Waals surface area contributed by atoms with Gasteiger partial charge in [0.1, 0.15) is 18.1 Å². The molecule has 0 unspecified atom stereocenters. The molecule has 0 saturated carbocycles. The van der Waals surface area contributed by atoms with Gasteiger partial charge in [-0.1, -0.05) is 18.2 Å². The van der Waals surface area contributed by atoms with Gasteiger partial charge in [0.05, 0.1) is 10.5 Å². The van der Waals surface area contributed by atoms with Crippen LogP contribution < -0.4 is 5.32 Å². The molecule has 0 atom stereocenters. The van der Waals surface area contributed by atoms with Crippen LogP contribution in [0, 0.1) is 20.8 Å². The molecule has 0 bridgehead atoms. The molecule has 35 heavy (non-hydrogen) atoms. The molecule has 0 radical (unpaired) electrons. The predicted molar refractivity (Wildman–Crippen MR) is 133 cm³/mol. The Morgan fingerprint density at radius 3 is 2.51 bits per heavy atom. The SMILES string of the molecule is Cc1ccc(C)c(NC(=O)CN2C(=O)S/C(=C\c3ccc(-c4ccc(C(=O)O)cc4C)o3)C2=O)c1. The quantitative estimate of drug-likeness (QED) is 0.454. The van der Waals surface area contributed by atoms with Crippen LogP contribution in [0.15, 0.2) is 57.9 Å². The van der Waals surface area contributed by atoms with Gasteiger partial charge in [0.2, 0.25) is 5.91 Å². The van der Waals surface area contributed by atoms with E-state index in [1.165, 1.54) is 12.1 Å². The largest absolute Gasteiger partial charge is 0.478 e. The number of aryl methyl sites for hydroxylation is 3. The summed E-state index contributed by atoms with van der Waals surface area (Å²) in [6.07, 6.45) is 1.46. The van der Waals surface area contributed by atoms with Crippen molar-refractivity contribution in [3.8, 4) is 11.3 Å². The summed E-state index contributed by atoms with van der Waals surface area (Å²) in [5, 5.41) is 11.3. The number of hydrogen-bond donors (Lipinski definition) is 2. The van der Waals surface area contributed by atoms with Crippen LogP contribution in [0.4, 0.5) is 10.5 Å². The lowest BCUT2D eigenvalue weighted by Crippen LogP contribution is -2.36. The Bertz CT molecular complexity index is 1400. The van der Waals surface area contributed by atoms with Gasteiger partial charge < -0.3 is 14.8 Å². The summed E-state index contributed by atoms with van der Waals surface area (Å²) in [4.78, 5) is 49.9. The first kappa shape index (κ1) is 24.0. The molecule has 178 valence electrons. The fourth-order valence-corrected chi connectivity index (χ4v) is 4.44. The molecule has 9 heteroatoms. The molecule has 3 aromatic rings. The van der Waals surface area contributed by atoms with Gasteiger partial charge in [-0.15, -0.1) is 0 Å². The molecular weight excluding hydrogens is 468 g/mol. The Balaban J connectivity index is 1.47. The van der Waals surface area contributed by atoms with Crippen molar-refractivity contribution in [3.63, 3.8) is 0 Å². The standard InChI is InChI=1S/C26H22N2O6S/c1-14-4-5-15(2)20(10-14)27-23(29)13-28-24(30)22(35-26(28)33)12-18-7-9-21(34-18)19-8-6-17(25(31)32)11-16(19)3/h4-12H,13H2,1-3H3,(H,27,29)(H,31,32)/b22-12-. The number of imide groups is 1. The highest BCUT2D eigenvalue weighted by atomic mass is 32.2. The maximum absolute atomic E-state index is 12.8. The van der Waals surface area contributed by atoms with Crippen molar-refractivity contribution in [1.29, 1.82) is 0 Å². The van der Waals surface area contributed by atoms with Gasteiger partial charge >= 0.3 is 5.97 Å². The van der Waals surface area contributed by atoms with E-state index in [-0.39, 0.29) is 10.5 Å². The highest BCUT2D eigenvalue weighted by molar-refractivity contribution is 8.18. The number of carboxylic acids is 1. The topological polar surface area (TPSA) is 117 Å². The van der Waals surface area contributed by atoms with Gasteiger partial charge in [0, 0.05) is 17.3 Å². The van der Waals surface area contributed by atoms with Crippen molar-refractivity contribution in [1.82, 2.24) is 4.90 Å². The number of nitrogens with one attached hydrogen (secondary N) is 1. The van der Waals surface area contributed by atoms with Crippen molar-refractivity contribution < 1.29 is 28.7 Å². The van der Waals surface area contributed by atoms with Gasteiger partial charge in [-0.3, -0.25) is 19.3 Å². The zero-order chi connectivity index (χ0) is 25.3. The van der Waals surface area contributed by atoms with Crippen molar-refractivity contribution in [2.75, 3.05) is 11.9 Å². The second-order valence-electron chi connectivity index (χ2n) is 8.17. The van der Waals surface area contributed by atoms with Crippen LogP contribution in [-0.4, -0.2) is 39.6 Å². The summed E-state index contributed by atoms with van der Waals surface area (Å²) in [5.41, 5.74) is 4.10. The van der Waals surface area contributed by atoms with Crippen LogP contribution in [0.3, 0.4) is 0 Å². The smallest absolute Gasteiger partial charge is 0.335 e. The molecule has 1 aliphatic heterocycles. The van der Waals surface area contributed by atoms with Crippen LogP contribution in [-0.2, 0) is 9.59 Å². The Morgan fingerprint density at radius 2 is 1.80 bits per heavy atom. The predicted octanol–water partition coefficient (Wildman–Crippen LogP) is 5.25. The lowest BCUT2D eigenvalue weighted by molar-refractivity contribution is -0.127. The fraction of sp³-hybridized carbons (Fsp3) is 0.154. The lowest BCUT2D eigenvalue weighted by atomic mass is 10.0. The maximum Gasteiger partial charge on any atom is 0.335 e. The molecule has 4 rings (SSSR count). The van der Waals surface area contributed by atoms with E-state index >= 15 is 0 Å². The first-order valence-electron chi connectivity index (χ1n) is 10.7. The average molecular weight is 491 g/mol. The van der Waals surface area contributed by atoms with Crippen molar-refractivity contribution in [2.24, 2.45) is 0 Å². The normalized spacial score (nSPS) is 14.6. The van der Waals surface area contributed by atoms with E-state index in [0.717, 1.165) is 33.4 Å². The zero-order valence-electron chi connectivity index (χ0n) is 19.2. The van der Waals surface area contributed by atoms with Crippen LogP contribution >= 0.6 is 11.8 Å². The molecule has 1 saturated heterocycles. The van der Waals surface area contributed by atoms with Crippen molar-refractivity contribution in [2.45, 2.75) is 20.8 Å². The molecule has 2 heterocycles. The van der Waals surface area contributed by atoms with Crippen LogP contribution in [0.2, 0.25) is 0 Å². The van der Waals surface area contributed by atoms with Gasteiger partial charge in [0.25, 0.3) is 11.1 Å². The van der Waals surface area contributed by atoms with Crippen molar-refractivity contribution in [3.05, 3.63) is 81.5 Å². The lowest BCUT2D eigenvalue weighted by Gasteiger charge is -2.14. The van der Waals surface area contributed by atoms with Crippen LogP contribution in [0.5, 0.6) is 0 Å². The highest BCUT2D eigenvalue weighted by Gasteiger charge is 2.36. The molecule has 8 nitrogen and oxygen atoms in total. The molecule has 1 aromatic heterocycles. The van der Waals surface area contributed by atoms with E-state index in [4.69, 9.17) is 9.52 Å².